The first kappa shape index (κ1) is 14.7. The van der Waals surface area contributed by atoms with Crippen LogP contribution in [0.3, 0.4) is 0 Å². The molecule has 3 rings (SSSR count). The third kappa shape index (κ3) is 2.53. The highest BCUT2D eigenvalue weighted by Crippen LogP contribution is 2.47. The molecule has 1 aliphatic rings. The zero-order chi connectivity index (χ0) is 15.3. The Balaban J connectivity index is 2.08. The molecular weight excluding hydrogens is 280 g/mol. The van der Waals surface area contributed by atoms with E-state index in [1.54, 1.807) is 6.26 Å². The van der Waals surface area contributed by atoms with E-state index in [0.29, 0.717) is 0 Å². The first-order valence-corrected chi connectivity index (χ1v) is 8.07. The molecule has 1 aliphatic carbocycles. The Morgan fingerprint density at radius 3 is 2.29 bits per heavy atom. The number of halogens is 1. The van der Waals surface area contributed by atoms with Gasteiger partial charge in [0.1, 0.15) is 11.1 Å². The average Bonchev–Trinajstić information content (AvgIpc) is 2.97. The Bertz CT molecular complexity index is 638. The zero-order valence-electron chi connectivity index (χ0n) is 13.2. The summed E-state index contributed by atoms with van der Waals surface area (Å²) in [6.45, 7) is 9.35. The summed E-state index contributed by atoms with van der Waals surface area (Å²) in [5, 5.41) is -0.217. The Hall–Kier alpha value is -1.21. The molecule has 1 heterocycles. The first-order chi connectivity index (χ1) is 9.81. The maximum absolute atomic E-state index is 6.59. The fourth-order valence-corrected chi connectivity index (χ4v) is 3.62. The first-order valence-electron chi connectivity index (χ1n) is 7.64. The molecule has 0 amide bonds. The van der Waals surface area contributed by atoms with Gasteiger partial charge in [-0.1, -0.05) is 45.9 Å². The predicted octanol–water partition coefficient (Wildman–Crippen LogP) is 5.96. The van der Waals surface area contributed by atoms with Crippen molar-refractivity contribution in [2.45, 2.75) is 56.7 Å². The number of hydrogen-bond acceptors (Lipinski definition) is 1. The molecule has 0 aliphatic heterocycles. The van der Waals surface area contributed by atoms with Gasteiger partial charge < -0.3 is 4.42 Å². The van der Waals surface area contributed by atoms with Crippen molar-refractivity contribution in [1.29, 1.82) is 0 Å². The molecule has 0 saturated heterocycles. The molecule has 112 valence electrons. The van der Waals surface area contributed by atoms with Crippen LogP contribution in [0.4, 0.5) is 0 Å². The Morgan fingerprint density at radius 2 is 1.67 bits per heavy atom. The van der Waals surface area contributed by atoms with Crippen molar-refractivity contribution in [2.24, 2.45) is 0 Å². The van der Waals surface area contributed by atoms with Crippen LogP contribution < -0.4 is 0 Å². The van der Waals surface area contributed by atoms with Gasteiger partial charge in [-0.2, -0.15) is 0 Å². The molecule has 0 saturated carbocycles. The second-order valence-electron chi connectivity index (χ2n) is 7.45. The quantitative estimate of drug-likeness (QED) is 0.624. The summed E-state index contributed by atoms with van der Waals surface area (Å²) < 4.78 is 5.45. The Kier molecular flexibility index (Phi) is 3.44. The van der Waals surface area contributed by atoms with E-state index in [9.17, 15) is 0 Å². The van der Waals surface area contributed by atoms with Gasteiger partial charge in [0.05, 0.1) is 6.26 Å². The minimum atomic E-state index is -0.217. The molecule has 2 aromatic rings. The monoisotopic (exact) mass is 302 g/mol. The number of fused-ring (bicyclic) bond motifs is 1. The maximum Gasteiger partial charge on any atom is 0.126 e. The SMILES string of the molecule is CC1(C)CCC(C)(C)c2cc(C(Cl)c3ccco3)ccc21. The molecule has 21 heavy (non-hydrogen) atoms. The lowest BCUT2D eigenvalue weighted by atomic mass is 9.63. The second-order valence-corrected chi connectivity index (χ2v) is 7.89. The third-order valence-electron chi connectivity index (χ3n) is 4.96. The van der Waals surface area contributed by atoms with Gasteiger partial charge in [-0.25, -0.2) is 0 Å². The van der Waals surface area contributed by atoms with Crippen molar-refractivity contribution in [2.75, 3.05) is 0 Å². The third-order valence-corrected chi connectivity index (χ3v) is 5.43. The zero-order valence-corrected chi connectivity index (χ0v) is 14.0. The van der Waals surface area contributed by atoms with Crippen LogP contribution in [-0.4, -0.2) is 0 Å². The topological polar surface area (TPSA) is 13.1 Å². The van der Waals surface area contributed by atoms with E-state index in [0.717, 1.165) is 11.3 Å². The van der Waals surface area contributed by atoms with Crippen LogP contribution in [0.25, 0.3) is 0 Å². The molecular formula is C19H23ClO. The molecule has 2 heteroatoms. The van der Waals surface area contributed by atoms with Gasteiger partial charge in [0.25, 0.3) is 0 Å². The van der Waals surface area contributed by atoms with Crippen molar-refractivity contribution < 1.29 is 4.42 Å². The molecule has 1 aromatic heterocycles. The highest BCUT2D eigenvalue weighted by Gasteiger charge is 2.37. The molecule has 1 nitrogen and oxygen atoms in total. The van der Waals surface area contributed by atoms with Crippen molar-refractivity contribution >= 4 is 11.6 Å². The maximum atomic E-state index is 6.59. The molecule has 1 atom stereocenters. The standard InChI is InChI=1S/C19H23ClO/c1-18(2)9-10-19(3,4)15-12-13(7-8-14(15)18)17(20)16-6-5-11-21-16/h5-8,11-12,17H,9-10H2,1-4H3. The summed E-state index contributed by atoms with van der Waals surface area (Å²) in [5.74, 6) is 0.810. The average molecular weight is 303 g/mol. The molecule has 0 spiro atoms. The molecule has 1 aromatic carbocycles. The number of rotatable bonds is 2. The van der Waals surface area contributed by atoms with Crippen LogP contribution in [0.2, 0.25) is 0 Å². The smallest absolute Gasteiger partial charge is 0.126 e. The molecule has 1 unspecified atom stereocenters. The van der Waals surface area contributed by atoms with Gasteiger partial charge in [0, 0.05) is 0 Å². The summed E-state index contributed by atoms with van der Waals surface area (Å²) in [4.78, 5) is 0. The molecule has 0 fully saturated rings. The number of benzene rings is 1. The summed E-state index contributed by atoms with van der Waals surface area (Å²) in [5.41, 5.74) is 4.48. The van der Waals surface area contributed by atoms with E-state index >= 15 is 0 Å². The lowest BCUT2D eigenvalue weighted by Gasteiger charge is -2.42. The predicted molar refractivity (Wildman–Crippen MR) is 88.1 cm³/mol. The van der Waals surface area contributed by atoms with Crippen LogP contribution in [0, 0.1) is 0 Å². The van der Waals surface area contributed by atoms with E-state index in [1.165, 1.54) is 24.0 Å². The minimum absolute atomic E-state index is 0.209. The van der Waals surface area contributed by atoms with E-state index in [-0.39, 0.29) is 16.2 Å². The minimum Gasteiger partial charge on any atom is -0.467 e. The van der Waals surface area contributed by atoms with E-state index in [2.05, 4.69) is 45.9 Å². The summed E-state index contributed by atoms with van der Waals surface area (Å²) in [7, 11) is 0. The van der Waals surface area contributed by atoms with E-state index in [4.69, 9.17) is 16.0 Å². The van der Waals surface area contributed by atoms with Gasteiger partial charge in [0.2, 0.25) is 0 Å². The van der Waals surface area contributed by atoms with Crippen molar-refractivity contribution in [1.82, 2.24) is 0 Å². The summed E-state index contributed by atoms with van der Waals surface area (Å²) in [6, 6.07) is 10.5. The van der Waals surface area contributed by atoms with Crippen molar-refractivity contribution in [3.05, 3.63) is 59.0 Å². The van der Waals surface area contributed by atoms with Crippen molar-refractivity contribution in [3.63, 3.8) is 0 Å². The Labute approximate surface area is 132 Å². The lowest BCUT2D eigenvalue weighted by Crippen LogP contribution is -2.33. The van der Waals surface area contributed by atoms with Crippen LogP contribution in [0.15, 0.2) is 41.0 Å². The highest BCUT2D eigenvalue weighted by atomic mass is 35.5. The van der Waals surface area contributed by atoms with E-state index in [1.807, 2.05) is 12.1 Å². The highest BCUT2D eigenvalue weighted by molar-refractivity contribution is 6.22. The van der Waals surface area contributed by atoms with Gasteiger partial charge in [-0.3, -0.25) is 0 Å². The fraction of sp³-hybridized carbons (Fsp3) is 0.474. The van der Waals surface area contributed by atoms with Gasteiger partial charge in [-0.15, -0.1) is 11.6 Å². The molecule has 0 bridgehead atoms. The largest absolute Gasteiger partial charge is 0.467 e. The van der Waals surface area contributed by atoms with Crippen LogP contribution in [-0.2, 0) is 10.8 Å². The Morgan fingerprint density at radius 1 is 1.00 bits per heavy atom. The van der Waals surface area contributed by atoms with Crippen LogP contribution >= 0.6 is 11.6 Å². The van der Waals surface area contributed by atoms with Crippen LogP contribution in [0.1, 0.15) is 68.4 Å². The van der Waals surface area contributed by atoms with E-state index < -0.39 is 0 Å². The summed E-state index contributed by atoms with van der Waals surface area (Å²) in [6.07, 6.45) is 4.12. The molecule has 0 radical (unpaired) electrons. The number of hydrogen-bond donors (Lipinski definition) is 0. The second kappa shape index (κ2) is 4.91. The van der Waals surface area contributed by atoms with Gasteiger partial charge in [-0.05, 0) is 52.5 Å². The fourth-order valence-electron chi connectivity index (χ4n) is 3.36. The normalized spacial score (nSPS) is 20.8. The van der Waals surface area contributed by atoms with Crippen LogP contribution in [0.5, 0.6) is 0 Å². The number of alkyl halides is 1. The van der Waals surface area contributed by atoms with Crippen molar-refractivity contribution in [3.8, 4) is 0 Å². The number of furan rings is 1. The lowest BCUT2D eigenvalue weighted by molar-refractivity contribution is 0.331. The summed E-state index contributed by atoms with van der Waals surface area (Å²) >= 11 is 6.59. The van der Waals surface area contributed by atoms with Gasteiger partial charge in [0.15, 0.2) is 0 Å². The molecule has 0 N–H and O–H groups in total. The van der Waals surface area contributed by atoms with Gasteiger partial charge >= 0.3 is 0 Å².